The normalized spacial score (nSPS) is 10.9. The first-order valence-electron chi connectivity index (χ1n) is 10.0. The Morgan fingerprint density at radius 1 is 0.941 bits per heavy atom. The molecule has 34 heavy (non-hydrogen) atoms. The number of esters is 1. The van der Waals surface area contributed by atoms with Gasteiger partial charge in [0.25, 0.3) is 0 Å². The molecule has 168 valence electrons. The molecule has 3 aromatic carbocycles. The molecule has 4 rings (SSSR count). The fraction of sp³-hybridized carbons (Fsp3) is 0.0800. The fourth-order valence-electron chi connectivity index (χ4n) is 3.22. The lowest BCUT2D eigenvalue weighted by molar-refractivity contribution is -0.132. The van der Waals surface area contributed by atoms with Crippen molar-refractivity contribution in [2.45, 2.75) is 0 Å². The summed E-state index contributed by atoms with van der Waals surface area (Å²) in [7, 11) is 2.58. The van der Waals surface area contributed by atoms with Crippen molar-refractivity contribution < 1.29 is 23.8 Å². The lowest BCUT2D eigenvalue weighted by atomic mass is 10.0. The number of hydrogen-bond donors (Lipinski definition) is 0. The first-order chi connectivity index (χ1) is 16.6. The van der Waals surface area contributed by atoms with Crippen LogP contribution in [-0.4, -0.2) is 35.9 Å². The summed E-state index contributed by atoms with van der Waals surface area (Å²) in [5, 5.41) is 14.7. The molecule has 0 bridgehead atoms. The van der Waals surface area contributed by atoms with Crippen molar-refractivity contribution in [1.29, 1.82) is 5.26 Å². The second-order valence-corrected chi connectivity index (χ2v) is 6.78. The van der Waals surface area contributed by atoms with Crippen molar-refractivity contribution in [2.75, 3.05) is 14.2 Å². The number of rotatable bonds is 7. The molecular weight excluding hydrogens is 436 g/mol. The molecule has 0 saturated carbocycles. The summed E-state index contributed by atoms with van der Waals surface area (Å²) in [5.74, 6) is 0.302. The van der Waals surface area contributed by atoms with Crippen LogP contribution in [0.15, 0.2) is 78.2 Å². The van der Waals surface area contributed by atoms with Crippen molar-refractivity contribution in [2.24, 2.45) is 5.16 Å². The highest BCUT2D eigenvalue weighted by molar-refractivity contribution is 6.44. The molecule has 9 heteroatoms. The number of ether oxygens (including phenoxy) is 3. The average Bonchev–Trinajstić information content (AvgIpc) is 2.88. The van der Waals surface area contributed by atoms with E-state index in [1.165, 1.54) is 26.6 Å². The van der Waals surface area contributed by atoms with E-state index in [1.54, 1.807) is 30.3 Å². The highest BCUT2D eigenvalue weighted by Gasteiger charge is 2.23. The minimum absolute atomic E-state index is 0.0702. The molecule has 0 unspecified atom stereocenters. The SMILES string of the molecule is CON=C(C(=O)OC)c1ccc2ccccc2c1Oc1cc(Oc2ccccc2C#N)ncn1. The Kier molecular flexibility index (Phi) is 6.60. The Labute approximate surface area is 194 Å². The number of fused-ring (bicyclic) bond motifs is 1. The van der Waals surface area contributed by atoms with Gasteiger partial charge in [-0.25, -0.2) is 14.8 Å². The Bertz CT molecular complexity index is 1430. The zero-order valence-corrected chi connectivity index (χ0v) is 18.3. The number of carbonyl (C=O) groups is 1. The number of methoxy groups -OCH3 is 1. The van der Waals surface area contributed by atoms with E-state index in [-0.39, 0.29) is 17.5 Å². The summed E-state index contributed by atoms with van der Waals surface area (Å²) in [4.78, 5) is 25.5. The molecule has 0 N–H and O–H groups in total. The average molecular weight is 454 g/mol. The molecule has 4 aromatic rings. The van der Waals surface area contributed by atoms with Crippen molar-refractivity contribution in [3.8, 4) is 29.3 Å². The molecule has 0 amide bonds. The molecule has 0 aliphatic heterocycles. The largest absolute Gasteiger partial charge is 0.464 e. The number of hydrogen-bond acceptors (Lipinski definition) is 9. The van der Waals surface area contributed by atoms with Gasteiger partial charge in [-0.05, 0) is 23.6 Å². The Balaban J connectivity index is 1.77. The van der Waals surface area contributed by atoms with Crippen LogP contribution in [0, 0.1) is 11.3 Å². The van der Waals surface area contributed by atoms with Gasteiger partial charge in [-0.2, -0.15) is 5.26 Å². The van der Waals surface area contributed by atoms with Gasteiger partial charge in [-0.1, -0.05) is 47.6 Å². The molecule has 0 aliphatic rings. The van der Waals surface area contributed by atoms with Crippen LogP contribution in [0.1, 0.15) is 11.1 Å². The molecule has 0 fully saturated rings. The summed E-state index contributed by atoms with van der Waals surface area (Å²) in [6, 6.07) is 21.3. The molecule has 0 saturated heterocycles. The first-order valence-corrected chi connectivity index (χ1v) is 10.0. The number of oxime groups is 1. The standard InChI is InChI=1S/C25H18N4O5/c1-31-25(30)23(29-32-2)19-12-11-16-7-3-5-9-18(16)24(19)34-22-13-21(27-15-28-22)33-20-10-6-4-8-17(20)14-26/h3-13,15H,1-2H3. The minimum atomic E-state index is -0.693. The van der Waals surface area contributed by atoms with Crippen LogP contribution in [0.3, 0.4) is 0 Å². The Morgan fingerprint density at radius 2 is 1.68 bits per heavy atom. The van der Waals surface area contributed by atoms with Crippen molar-refractivity contribution in [1.82, 2.24) is 9.97 Å². The van der Waals surface area contributed by atoms with Crippen molar-refractivity contribution in [3.63, 3.8) is 0 Å². The molecule has 0 aliphatic carbocycles. The number of carbonyl (C=O) groups excluding carboxylic acids is 1. The van der Waals surface area contributed by atoms with E-state index in [4.69, 9.17) is 19.0 Å². The zero-order valence-electron chi connectivity index (χ0n) is 18.3. The van der Waals surface area contributed by atoms with E-state index in [0.29, 0.717) is 28.0 Å². The Morgan fingerprint density at radius 3 is 2.44 bits per heavy atom. The third-order valence-electron chi connectivity index (χ3n) is 4.74. The number of nitrogens with zero attached hydrogens (tertiary/aromatic N) is 4. The summed E-state index contributed by atoms with van der Waals surface area (Å²) in [5.41, 5.74) is 0.640. The van der Waals surface area contributed by atoms with E-state index >= 15 is 0 Å². The maximum atomic E-state index is 12.4. The minimum Gasteiger partial charge on any atom is -0.464 e. The van der Waals surface area contributed by atoms with Gasteiger partial charge in [0.05, 0.1) is 24.3 Å². The maximum absolute atomic E-state index is 12.4. The lowest BCUT2D eigenvalue weighted by Crippen LogP contribution is -2.18. The molecule has 1 heterocycles. The molecule has 0 spiro atoms. The summed E-state index contributed by atoms with van der Waals surface area (Å²) in [6.07, 6.45) is 1.27. The van der Waals surface area contributed by atoms with E-state index in [9.17, 15) is 10.1 Å². The van der Waals surface area contributed by atoms with Crippen molar-refractivity contribution in [3.05, 3.63) is 84.2 Å². The fourth-order valence-corrected chi connectivity index (χ4v) is 3.22. The molecule has 0 atom stereocenters. The second kappa shape index (κ2) is 10.1. The van der Waals surface area contributed by atoms with E-state index in [1.807, 2.05) is 30.3 Å². The molecule has 0 radical (unpaired) electrons. The number of benzene rings is 3. The van der Waals surface area contributed by atoms with Gasteiger partial charge in [-0.15, -0.1) is 0 Å². The van der Waals surface area contributed by atoms with Gasteiger partial charge in [0.15, 0.2) is 5.71 Å². The van der Waals surface area contributed by atoms with Crippen molar-refractivity contribution >= 4 is 22.5 Å². The maximum Gasteiger partial charge on any atom is 0.360 e. The van der Waals surface area contributed by atoms with Crippen LogP contribution in [0.5, 0.6) is 23.3 Å². The third kappa shape index (κ3) is 4.61. The predicted octanol–water partition coefficient (Wildman–Crippen LogP) is 4.61. The quantitative estimate of drug-likeness (QED) is 0.226. The van der Waals surface area contributed by atoms with Gasteiger partial charge in [0.2, 0.25) is 11.8 Å². The summed E-state index contributed by atoms with van der Waals surface area (Å²) >= 11 is 0. The lowest BCUT2D eigenvalue weighted by Gasteiger charge is -2.14. The summed E-state index contributed by atoms with van der Waals surface area (Å²) < 4.78 is 16.8. The predicted molar refractivity (Wildman–Crippen MR) is 123 cm³/mol. The van der Waals surface area contributed by atoms with Gasteiger partial charge < -0.3 is 19.0 Å². The smallest absolute Gasteiger partial charge is 0.360 e. The zero-order chi connectivity index (χ0) is 23.9. The van der Waals surface area contributed by atoms with Crippen LogP contribution in [0.4, 0.5) is 0 Å². The summed E-state index contributed by atoms with van der Waals surface area (Å²) in [6.45, 7) is 0. The van der Waals surface area contributed by atoms with Crippen LogP contribution >= 0.6 is 0 Å². The number of para-hydroxylation sites is 1. The third-order valence-corrected chi connectivity index (χ3v) is 4.74. The Hall–Kier alpha value is -4.97. The topological polar surface area (TPSA) is 116 Å². The van der Waals surface area contributed by atoms with Gasteiger partial charge >= 0.3 is 5.97 Å². The van der Waals surface area contributed by atoms with E-state index in [2.05, 4.69) is 21.2 Å². The monoisotopic (exact) mass is 454 g/mol. The van der Waals surface area contributed by atoms with Crippen LogP contribution in [0.25, 0.3) is 10.8 Å². The molecule has 1 aromatic heterocycles. The van der Waals surface area contributed by atoms with Crippen LogP contribution in [0.2, 0.25) is 0 Å². The van der Waals surface area contributed by atoms with Crippen LogP contribution in [-0.2, 0) is 14.4 Å². The van der Waals surface area contributed by atoms with Gasteiger partial charge in [0, 0.05) is 5.39 Å². The second-order valence-electron chi connectivity index (χ2n) is 6.78. The van der Waals surface area contributed by atoms with Gasteiger partial charge in [0.1, 0.15) is 31.0 Å². The van der Waals surface area contributed by atoms with E-state index < -0.39 is 5.97 Å². The first kappa shape index (κ1) is 22.2. The van der Waals surface area contributed by atoms with Crippen LogP contribution < -0.4 is 9.47 Å². The molecule has 9 nitrogen and oxygen atoms in total. The molecular formula is C25H18N4O5. The number of aromatic nitrogens is 2. The van der Waals surface area contributed by atoms with Gasteiger partial charge in [-0.3, -0.25) is 0 Å². The number of nitriles is 1. The van der Waals surface area contributed by atoms with E-state index in [0.717, 1.165) is 5.39 Å². The highest BCUT2D eigenvalue weighted by atomic mass is 16.6. The highest BCUT2D eigenvalue weighted by Crippen LogP contribution is 2.35.